The molecule has 1 rings (SSSR count). The highest BCUT2D eigenvalue weighted by atomic mass is 16.5. The van der Waals surface area contributed by atoms with Crippen LogP contribution in [-0.2, 0) is 0 Å². The average molecular weight is 186 g/mol. The molecule has 0 aromatic heterocycles. The zero-order valence-corrected chi connectivity index (χ0v) is 7.87. The van der Waals surface area contributed by atoms with Crippen LogP contribution >= 0.6 is 0 Å². The second kappa shape index (κ2) is 4.79. The maximum absolute atomic E-state index is 8.29. The SMILES string of the molecule is COc1ccc(C#CCC#N)c(N)c1. The van der Waals surface area contributed by atoms with Gasteiger partial charge in [0.2, 0.25) is 0 Å². The molecule has 0 aliphatic heterocycles. The van der Waals surface area contributed by atoms with E-state index in [1.54, 1.807) is 25.3 Å². The van der Waals surface area contributed by atoms with Crippen molar-refractivity contribution in [3.63, 3.8) is 0 Å². The molecule has 0 radical (unpaired) electrons. The maximum atomic E-state index is 8.29. The van der Waals surface area contributed by atoms with Gasteiger partial charge in [-0.2, -0.15) is 5.26 Å². The molecule has 2 N–H and O–H groups in total. The van der Waals surface area contributed by atoms with Crippen molar-refractivity contribution in [2.45, 2.75) is 6.42 Å². The molecule has 0 fully saturated rings. The van der Waals surface area contributed by atoms with Crippen LogP contribution in [0.2, 0.25) is 0 Å². The molecular weight excluding hydrogens is 176 g/mol. The third-order valence-electron chi connectivity index (χ3n) is 1.65. The minimum atomic E-state index is 0.214. The van der Waals surface area contributed by atoms with Crippen molar-refractivity contribution in [1.29, 1.82) is 5.26 Å². The van der Waals surface area contributed by atoms with Crippen LogP contribution in [0.25, 0.3) is 0 Å². The van der Waals surface area contributed by atoms with Gasteiger partial charge < -0.3 is 10.5 Å². The van der Waals surface area contributed by atoms with E-state index in [1.807, 2.05) is 6.07 Å². The Bertz CT molecular complexity index is 421. The minimum absolute atomic E-state index is 0.214. The summed E-state index contributed by atoms with van der Waals surface area (Å²) >= 11 is 0. The minimum Gasteiger partial charge on any atom is -0.497 e. The number of ether oxygens (including phenoxy) is 1. The van der Waals surface area contributed by atoms with E-state index in [9.17, 15) is 0 Å². The second-order valence-corrected chi connectivity index (χ2v) is 2.59. The quantitative estimate of drug-likeness (QED) is 0.534. The average Bonchev–Trinajstić information content (AvgIpc) is 2.20. The Morgan fingerprint density at radius 2 is 2.29 bits per heavy atom. The van der Waals surface area contributed by atoms with Gasteiger partial charge >= 0.3 is 0 Å². The van der Waals surface area contributed by atoms with Crippen LogP contribution in [0.1, 0.15) is 12.0 Å². The number of nitriles is 1. The van der Waals surface area contributed by atoms with Crippen LogP contribution in [-0.4, -0.2) is 7.11 Å². The first kappa shape index (κ1) is 9.95. The van der Waals surface area contributed by atoms with E-state index in [4.69, 9.17) is 15.7 Å². The van der Waals surface area contributed by atoms with E-state index < -0.39 is 0 Å². The summed E-state index contributed by atoms with van der Waals surface area (Å²) in [6.45, 7) is 0. The largest absolute Gasteiger partial charge is 0.497 e. The molecule has 1 aromatic carbocycles. The van der Waals surface area contributed by atoms with E-state index in [-0.39, 0.29) is 6.42 Å². The van der Waals surface area contributed by atoms with Crippen LogP contribution in [0.4, 0.5) is 5.69 Å². The summed E-state index contributed by atoms with van der Waals surface area (Å²) in [7, 11) is 1.58. The summed E-state index contributed by atoms with van der Waals surface area (Å²) < 4.78 is 5.00. The molecule has 0 heterocycles. The smallest absolute Gasteiger partial charge is 0.121 e. The number of hydrogen-bond acceptors (Lipinski definition) is 3. The molecule has 0 aliphatic carbocycles. The van der Waals surface area contributed by atoms with E-state index in [1.165, 1.54) is 0 Å². The van der Waals surface area contributed by atoms with Gasteiger partial charge in [0.25, 0.3) is 0 Å². The summed E-state index contributed by atoms with van der Waals surface area (Å²) in [6, 6.07) is 7.21. The molecule has 0 saturated carbocycles. The first-order valence-electron chi connectivity index (χ1n) is 4.07. The second-order valence-electron chi connectivity index (χ2n) is 2.59. The van der Waals surface area contributed by atoms with Gasteiger partial charge in [0.15, 0.2) is 0 Å². The van der Waals surface area contributed by atoms with E-state index >= 15 is 0 Å². The summed E-state index contributed by atoms with van der Waals surface area (Å²) in [4.78, 5) is 0. The van der Waals surface area contributed by atoms with E-state index in [2.05, 4.69) is 11.8 Å². The zero-order valence-electron chi connectivity index (χ0n) is 7.87. The Morgan fingerprint density at radius 1 is 1.50 bits per heavy atom. The third kappa shape index (κ3) is 2.43. The number of nitrogens with zero attached hydrogens (tertiary/aromatic N) is 1. The Hall–Kier alpha value is -2.13. The highest BCUT2D eigenvalue weighted by Gasteiger charge is 1.97. The van der Waals surface area contributed by atoms with Crippen molar-refractivity contribution in [3.05, 3.63) is 23.8 Å². The molecule has 1 aromatic rings. The van der Waals surface area contributed by atoms with Crippen LogP contribution in [0.3, 0.4) is 0 Å². The van der Waals surface area contributed by atoms with Gasteiger partial charge in [-0.3, -0.25) is 0 Å². The lowest BCUT2D eigenvalue weighted by atomic mass is 10.2. The summed E-state index contributed by atoms with van der Waals surface area (Å²) in [6.07, 6.45) is 0.214. The van der Waals surface area contributed by atoms with Gasteiger partial charge in [-0.1, -0.05) is 11.8 Å². The van der Waals surface area contributed by atoms with Crippen LogP contribution < -0.4 is 10.5 Å². The highest BCUT2D eigenvalue weighted by molar-refractivity contribution is 5.58. The fourth-order valence-corrected chi connectivity index (χ4v) is 0.961. The summed E-state index contributed by atoms with van der Waals surface area (Å²) in [5.41, 5.74) is 7.00. The summed E-state index contributed by atoms with van der Waals surface area (Å²) in [5.74, 6) is 6.21. The van der Waals surface area contributed by atoms with E-state index in [0.717, 1.165) is 5.56 Å². The molecule has 0 saturated heterocycles. The van der Waals surface area contributed by atoms with Gasteiger partial charge in [0.05, 0.1) is 25.3 Å². The number of benzene rings is 1. The Labute approximate surface area is 83.1 Å². The van der Waals surface area contributed by atoms with Crippen LogP contribution in [0.5, 0.6) is 5.75 Å². The van der Waals surface area contributed by atoms with Crippen LogP contribution in [0.15, 0.2) is 18.2 Å². The van der Waals surface area contributed by atoms with Gasteiger partial charge in [-0.15, -0.1) is 0 Å². The van der Waals surface area contributed by atoms with Gasteiger partial charge in [-0.05, 0) is 12.1 Å². The molecule has 0 atom stereocenters. The topological polar surface area (TPSA) is 59.0 Å². The number of hydrogen-bond donors (Lipinski definition) is 1. The van der Waals surface area contributed by atoms with Crippen molar-refractivity contribution in [2.75, 3.05) is 12.8 Å². The molecule has 0 aliphatic rings. The van der Waals surface area contributed by atoms with Gasteiger partial charge in [-0.25, -0.2) is 0 Å². The molecule has 70 valence electrons. The molecule has 3 heteroatoms. The van der Waals surface area contributed by atoms with Gasteiger partial charge in [0, 0.05) is 11.6 Å². The van der Waals surface area contributed by atoms with E-state index in [0.29, 0.717) is 11.4 Å². The van der Waals surface area contributed by atoms with Crippen molar-refractivity contribution in [1.82, 2.24) is 0 Å². The lowest BCUT2D eigenvalue weighted by molar-refractivity contribution is 0.415. The lowest BCUT2D eigenvalue weighted by Crippen LogP contribution is -1.91. The third-order valence-corrected chi connectivity index (χ3v) is 1.65. The molecule has 0 bridgehead atoms. The fourth-order valence-electron chi connectivity index (χ4n) is 0.961. The highest BCUT2D eigenvalue weighted by Crippen LogP contribution is 2.18. The molecule has 3 nitrogen and oxygen atoms in total. The van der Waals surface area contributed by atoms with Crippen molar-refractivity contribution < 1.29 is 4.74 Å². The standard InChI is InChI=1S/C11H10N2O/c1-14-10-6-5-9(11(13)8-10)4-2-3-7-12/h5-6,8H,3,13H2,1H3. The molecule has 0 spiro atoms. The normalized spacial score (nSPS) is 8.29. The predicted octanol–water partition coefficient (Wildman–Crippen LogP) is 1.54. The number of anilines is 1. The molecule has 0 amide bonds. The number of nitrogens with two attached hydrogens (primary N) is 1. The Balaban J connectivity index is 2.92. The fraction of sp³-hybridized carbons (Fsp3) is 0.182. The van der Waals surface area contributed by atoms with Crippen molar-refractivity contribution >= 4 is 5.69 Å². The predicted molar refractivity (Wildman–Crippen MR) is 54.5 cm³/mol. The summed E-state index contributed by atoms with van der Waals surface area (Å²) in [5, 5.41) is 8.29. The number of nitrogen functional groups attached to an aromatic ring is 1. The lowest BCUT2D eigenvalue weighted by Gasteiger charge is -2.02. The van der Waals surface area contributed by atoms with Crippen molar-refractivity contribution in [3.8, 4) is 23.7 Å². The van der Waals surface area contributed by atoms with Crippen LogP contribution in [0, 0.1) is 23.2 Å². The molecule has 14 heavy (non-hydrogen) atoms. The Morgan fingerprint density at radius 3 is 2.86 bits per heavy atom. The monoisotopic (exact) mass is 186 g/mol. The zero-order chi connectivity index (χ0) is 10.4. The Kier molecular flexibility index (Phi) is 3.41. The number of rotatable bonds is 1. The van der Waals surface area contributed by atoms with Crippen molar-refractivity contribution in [2.24, 2.45) is 0 Å². The molecule has 0 unspecified atom stereocenters. The first-order chi connectivity index (χ1) is 6.77. The maximum Gasteiger partial charge on any atom is 0.121 e. The van der Waals surface area contributed by atoms with Gasteiger partial charge in [0.1, 0.15) is 5.75 Å². The molecular formula is C11H10N2O. The first-order valence-corrected chi connectivity index (χ1v) is 4.07. The number of methoxy groups -OCH3 is 1.